The van der Waals surface area contributed by atoms with Crippen LogP contribution in [0.15, 0.2) is 24.3 Å². The lowest BCUT2D eigenvalue weighted by Crippen LogP contribution is -2.36. The quantitative estimate of drug-likeness (QED) is 0.863. The van der Waals surface area contributed by atoms with Crippen molar-refractivity contribution in [2.24, 2.45) is 11.1 Å². The smallest absolute Gasteiger partial charge is 0.224 e. The first-order chi connectivity index (χ1) is 9.69. The Morgan fingerprint density at radius 2 is 1.95 bits per heavy atom. The van der Waals surface area contributed by atoms with Gasteiger partial charge in [0.2, 0.25) is 5.91 Å². The van der Waals surface area contributed by atoms with Crippen LogP contribution in [0.25, 0.3) is 0 Å². The van der Waals surface area contributed by atoms with Crippen molar-refractivity contribution in [1.82, 2.24) is 0 Å². The number of anilines is 1. The fraction of sp³-hybridized carbons (Fsp3) is 0.588. The summed E-state index contributed by atoms with van der Waals surface area (Å²) in [5.74, 6) is 0.109. The molecule has 0 bridgehead atoms. The van der Waals surface area contributed by atoms with E-state index >= 15 is 0 Å². The second-order valence-electron chi connectivity index (χ2n) is 6.00. The summed E-state index contributed by atoms with van der Waals surface area (Å²) in [7, 11) is 0. The molecule has 0 aliphatic heterocycles. The van der Waals surface area contributed by atoms with Gasteiger partial charge in [0.05, 0.1) is 0 Å². The van der Waals surface area contributed by atoms with Crippen LogP contribution < -0.4 is 11.1 Å². The molecule has 3 heteroatoms. The van der Waals surface area contributed by atoms with Crippen molar-refractivity contribution in [2.45, 2.75) is 51.9 Å². The summed E-state index contributed by atoms with van der Waals surface area (Å²) >= 11 is 0. The van der Waals surface area contributed by atoms with E-state index < -0.39 is 0 Å². The van der Waals surface area contributed by atoms with Crippen LogP contribution in [0.5, 0.6) is 0 Å². The van der Waals surface area contributed by atoms with Crippen LogP contribution in [-0.2, 0) is 11.2 Å². The fourth-order valence-electron chi connectivity index (χ4n) is 3.24. The molecule has 1 aromatic carbocycles. The number of para-hydroxylation sites is 1. The molecule has 110 valence electrons. The predicted molar refractivity (Wildman–Crippen MR) is 83.6 cm³/mol. The molecule has 0 atom stereocenters. The fourth-order valence-corrected chi connectivity index (χ4v) is 3.24. The molecular formula is C17H26N2O. The summed E-state index contributed by atoms with van der Waals surface area (Å²) in [4.78, 5) is 12.3. The molecule has 0 aromatic heterocycles. The number of aryl methyl sites for hydroxylation is 1. The molecule has 1 saturated carbocycles. The number of rotatable bonds is 5. The Bertz CT molecular complexity index is 450. The summed E-state index contributed by atoms with van der Waals surface area (Å²) in [6.45, 7) is 2.73. The van der Waals surface area contributed by atoms with Gasteiger partial charge in [0.25, 0.3) is 0 Å². The Balaban J connectivity index is 2.01. The normalized spacial score (nSPS) is 17.7. The third-order valence-corrected chi connectivity index (χ3v) is 4.56. The van der Waals surface area contributed by atoms with Gasteiger partial charge in [-0.15, -0.1) is 0 Å². The first-order valence-electron chi connectivity index (χ1n) is 7.77. The van der Waals surface area contributed by atoms with Crippen LogP contribution in [0.1, 0.15) is 51.0 Å². The number of nitrogens with two attached hydrogens (primary N) is 1. The van der Waals surface area contributed by atoms with Crippen molar-refractivity contribution < 1.29 is 4.79 Å². The molecule has 2 rings (SSSR count). The maximum absolute atomic E-state index is 12.3. The summed E-state index contributed by atoms with van der Waals surface area (Å²) in [6, 6.07) is 8.02. The minimum atomic E-state index is 0.0312. The van der Waals surface area contributed by atoms with E-state index in [1.54, 1.807) is 0 Å². The Labute approximate surface area is 121 Å². The summed E-state index contributed by atoms with van der Waals surface area (Å²) in [6.07, 6.45) is 7.35. The zero-order valence-corrected chi connectivity index (χ0v) is 12.5. The van der Waals surface area contributed by atoms with Crippen LogP contribution in [0, 0.1) is 5.41 Å². The van der Waals surface area contributed by atoms with Crippen LogP contribution in [0.2, 0.25) is 0 Å². The first-order valence-corrected chi connectivity index (χ1v) is 7.77. The van der Waals surface area contributed by atoms with Crippen LogP contribution >= 0.6 is 0 Å². The molecule has 0 unspecified atom stereocenters. The van der Waals surface area contributed by atoms with E-state index in [2.05, 4.69) is 18.3 Å². The number of carbonyl (C=O) groups is 1. The van der Waals surface area contributed by atoms with E-state index in [9.17, 15) is 4.79 Å². The largest absolute Gasteiger partial charge is 0.330 e. The maximum Gasteiger partial charge on any atom is 0.224 e. The molecule has 0 saturated heterocycles. The molecule has 3 nitrogen and oxygen atoms in total. The van der Waals surface area contributed by atoms with Crippen molar-refractivity contribution in [1.29, 1.82) is 0 Å². The van der Waals surface area contributed by atoms with Gasteiger partial charge < -0.3 is 11.1 Å². The SMILES string of the molecule is CCc1ccccc1NC(=O)CC1(CN)CCCCC1. The molecular weight excluding hydrogens is 248 g/mol. The third kappa shape index (κ3) is 3.60. The highest BCUT2D eigenvalue weighted by molar-refractivity contribution is 5.92. The summed E-state index contributed by atoms with van der Waals surface area (Å²) in [5, 5.41) is 3.07. The molecule has 20 heavy (non-hydrogen) atoms. The minimum absolute atomic E-state index is 0.0312. The van der Waals surface area contributed by atoms with Crippen LogP contribution in [0.4, 0.5) is 5.69 Å². The van der Waals surface area contributed by atoms with E-state index in [0.717, 1.165) is 24.9 Å². The highest BCUT2D eigenvalue weighted by Crippen LogP contribution is 2.38. The van der Waals surface area contributed by atoms with Crippen molar-refractivity contribution >= 4 is 11.6 Å². The second kappa shape index (κ2) is 6.89. The Kier molecular flexibility index (Phi) is 5.18. The predicted octanol–water partition coefficient (Wildman–Crippen LogP) is 3.49. The summed E-state index contributed by atoms with van der Waals surface area (Å²) in [5.41, 5.74) is 8.12. The molecule has 1 aliphatic rings. The highest BCUT2D eigenvalue weighted by Gasteiger charge is 2.32. The average molecular weight is 274 g/mol. The van der Waals surface area contributed by atoms with Crippen LogP contribution in [-0.4, -0.2) is 12.5 Å². The molecule has 0 spiro atoms. The molecule has 1 fully saturated rings. The topological polar surface area (TPSA) is 55.1 Å². The lowest BCUT2D eigenvalue weighted by Gasteiger charge is -2.35. The standard InChI is InChI=1S/C17H26N2O/c1-2-14-8-4-5-9-15(14)19-16(20)12-17(13-18)10-6-3-7-11-17/h4-5,8-9H,2-3,6-7,10-13,18H2,1H3,(H,19,20). The van der Waals surface area contributed by atoms with Gasteiger partial charge in [0, 0.05) is 12.1 Å². The molecule has 1 amide bonds. The number of carbonyl (C=O) groups excluding carboxylic acids is 1. The Morgan fingerprint density at radius 1 is 1.25 bits per heavy atom. The van der Waals surface area contributed by atoms with E-state index in [4.69, 9.17) is 5.73 Å². The van der Waals surface area contributed by atoms with Gasteiger partial charge in [0.1, 0.15) is 0 Å². The van der Waals surface area contributed by atoms with Gasteiger partial charge in [0.15, 0.2) is 0 Å². The zero-order chi connectivity index (χ0) is 14.4. The van der Waals surface area contributed by atoms with Gasteiger partial charge in [-0.25, -0.2) is 0 Å². The number of nitrogens with one attached hydrogen (secondary N) is 1. The number of benzene rings is 1. The van der Waals surface area contributed by atoms with E-state index in [1.807, 2.05) is 18.2 Å². The van der Waals surface area contributed by atoms with Crippen molar-refractivity contribution in [3.8, 4) is 0 Å². The van der Waals surface area contributed by atoms with Gasteiger partial charge in [-0.3, -0.25) is 4.79 Å². The van der Waals surface area contributed by atoms with Gasteiger partial charge in [-0.05, 0) is 42.9 Å². The Morgan fingerprint density at radius 3 is 2.60 bits per heavy atom. The number of hydrogen-bond acceptors (Lipinski definition) is 2. The van der Waals surface area contributed by atoms with Gasteiger partial charge in [-0.1, -0.05) is 44.4 Å². The highest BCUT2D eigenvalue weighted by atomic mass is 16.1. The van der Waals surface area contributed by atoms with Crippen LogP contribution in [0.3, 0.4) is 0 Å². The van der Waals surface area contributed by atoms with E-state index in [-0.39, 0.29) is 11.3 Å². The average Bonchev–Trinajstić information content (AvgIpc) is 2.48. The maximum atomic E-state index is 12.3. The molecule has 0 radical (unpaired) electrons. The molecule has 1 aromatic rings. The monoisotopic (exact) mass is 274 g/mol. The second-order valence-corrected chi connectivity index (χ2v) is 6.00. The Hall–Kier alpha value is -1.35. The van der Waals surface area contributed by atoms with E-state index in [0.29, 0.717) is 13.0 Å². The van der Waals surface area contributed by atoms with E-state index in [1.165, 1.54) is 24.8 Å². The summed E-state index contributed by atoms with van der Waals surface area (Å²) < 4.78 is 0. The van der Waals surface area contributed by atoms with Gasteiger partial charge >= 0.3 is 0 Å². The number of amides is 1. The molecule has 1 aliphatic carbocycles. The lowest BCUT2D eigenvalue weighted by molar-refractivity contribution is -0.118. The zero-order valence-electron chi connectivity index (χ0n) is 12.5. The molecule has 0 heterocycles. The lowest BCUT2D eigenvalue weighted by atomic mass is 9.71. The third-order valence-electron chi connectivity index (χ3n) is 4.56. The van der Waals surface area contributed by atoms with Gasteiger partial charge in [-0.2, -0.15) is 0 Å². The van der Waals surface area contributed by atoms with Crippen molar-refractivity contribution in [2.75, 3.05) is 11.9 Å². The number of hydrogen-bond donors (Lipinski definition) is 2. The van der Waals surface area contributed by atoms with Crippen molar-refractivity contribution in [3.63, 3.8) is 0 Å². The first kappa shape index (κ1) is 15.0. The minimum Gasteiger partial charge on any atom is -0.330 e. The molecule has 3 N–H and O–H groups in total. The van der Waals surface area contributed by atoms with Crippen molar-refractivity contribution in [3.05, 3.63) is 29.8 Å².